The van der Waals surface area contributed by atoms with E-state index in [1.54, 1.807) is 12.1 Å². The summed E-state index contributed by atoms with van der Waals surface area (Å²) < 4.78 is 10.6. The molecular formula is C19H20N4O6. The van der Waals surface area contributed by atoms with Crippen molar-refractivity contribution < 1.29 is 24.0 Å². The summed E-state index contributed by atoms with van der Waals surface area (Å²) in [6, 6.07) is 5.95. The molecule has 152 valence electrons. The molecule has 0 radical (unpaired) electrons. The molecule has 29 heavy (non-hydrogen) atoms. The van der Waals surface area contributed by atoms with E-state index in [0.29, 0.717) is 19.4 Å². The summed E-state index contributed by atoms with van der Waals surface area (Å²) in [4.78, 5) is 40.3. The predicted octanol–water partition coefficient (Wildman–Crippen LogP) is 3.07. The lowest BCUT2D eigenvalue weighted by atomic mass is 9.59. The van der Waals surface area contributed by atoms with Gasteiger partial charge in [-0.25, -0.2) is 0 Å². The number of fused-ring (bicyclic) bond motifs is 2. The molecule has 1 heterocycles. The summed E-state index contributed by atoms with van der Waals surface area (Å²) in [6.07, 6.45) is 2.51. The minimum atomic E-state index is -1.64. The average Bonchev–Trinajstić information content (AvgIpc) is 2.86. The maximum atomic E-state index is 13.7. The Morgan fingerprint density at radius 1 is 1.48 bits per heavy atom. The van der Waals surface area contributed by atoms with E-state index in [9.17, 15) is 19.7 Å². The fourth-order valence-electron chi connectivity index (χ4n) is 4.35. The van der Waals surface area contributed by atoms with Gasteiger partial charge in [0.2, 0.25) is 0 Å². The Morgan fingerprint density at radius 2 is 2.24 bits per heavy atom. The van der Waals surface area contributed by atoms with Gasteiger partial charge >= 0.3 is 5.97 Å². The highest BCUT2D eigenvalue weighted by atomic mass is 16.6. The van der Waals surface area contributed by atoms with Crippen molar-refractivity contribution in [2.24, 2.45) is 22.4 Å². The van der Waals surface area contributed by atoms with Crippen molar-refractivity contribution in [2.75, 3.05) is 26.9 Å². The molecule has 1 saturated heterocycles. The van der Waals surface area contributed by atoms with Gasteiger partial charge in [-0.05, 0) is 36.3 Å². The number of nitro groups is 1. The number of benzene rings is 1. The van der Waals surface area contributed by atoms with E-state index in [-0.39, 0.29) is 35.9 Å². The van der Waals surface area contributed by atoms with Gasteiger partial charge in [-0.1, -0.05) is 23.3 Å². The standard InChI is InChI=1S/C19H20N4O6/c1-28-18(25)19-11-29-9-7-12(15(19)6-8-21-22-20)10-14(17(19)24)13-4-2-3-5-16(13)23(26)27/h2-5,10,12,15H,6-9,11H2,1H3. The third-order valence-electron chi connectivity index (χ3n) is 5.65. The average molecular weight is 400 g/mol. The van der Waals surface area contributed by atoms with Crippen molar-refractivity contribution >= 4 is 23.0 Å². The molecule has 2 bridgehead atoms. The fraction of sp³-hybridized carbons (Fsp3) is 0.474. The van der Waals surface area contributed by atoms with E-state index in [1.165, 1.54) is 25.3 Å². The maximum absolute atomic E-state index is 13.7. The van der Waals surface area contributed by atoms with E-state index in [2.05, 4.69) is 10.0 Å². The Hall–Kier alpha value is -3.23. The van der Waals surface area contributed by atoms with Crippen molar-refractivity contribution in [3.8, 4) is 0 Å². The predicted molar refractivity (Wildman–Crippen MR) is 102 cm³/mol. The molecule has 3 unspecified atom stereocenters. The van der Waals surface area contributed by atoms with Crippen LogP contribution in [0.5, 0.6) is 0 Å². The number of hydrogen-bond donors (Lipinski definition) is 0. The number of methoxy groups -OCH3 is 1. The summed E-state index contributed by atoms with van der Waals surface area (Å²) in [5.41, 5.74) is 7.03. The van der Waals surface area contributed by atoms with Crippen LogP contribution in [-0.4, -0.2) is 43.5 Å². The molecule has 1 aromatic carbocycles. The molecule has 0 N–H and O–H groups in total. The number of nitrogens with zero attached hydrogens (tertiary/aromatic N) is 4. The number of ether oxygens (including phenoxy) is 2. The summed E-state index contributed by atoms with van der Waals surface area (Å²) >= 11 is 0. The molecule has 0 amide bonds. The van der Waals surface area contributed by atoms with Crippen LogP contribution in [0.4, 0.5) is 5.69 Å². The van der Waals surface area contributed by atoms with Gasteiger partial charge in [0.25, 0.3) is 5.69 Å². The minimum Gasteiger partial charge on any atom is -0.468 e. The van der Waals surface area contributed by atoms with Crippen LogP contribution in [0.15, 0.2) is 35.5 Å². The number of rotatable bonds is 6. The smallest absolute Gasteiger partial charge is 0.322 e. The third-order valence-corrected chi connectivity index (χ3v) is 5.65. The number of carbonyl (C=O) groups excluding carboxylic acids is 2. The van der Waals surface area contributed by atoms with Crippen LogP contribution in [0.1, 0.15) is 18.4 Å². The van der Waals surface area contributed by atoms with Crippen LogP contribution in [0.2, 0.25) is 0 Å². The summed E-state index contributed by atoms with van der Waals surface area (Å²) in [5, 5.41) is 15.0. The van der Waals surface area contributed by atoms with Crippen molar-refractivity contribution in [3.05, 3.63) is 56.5 Å². The number of Topliss-reactive ketones (excluding diaryl/α,β-unsaturated/α-hetero) is 1. The zero-order valence-electron chi connectivity index (χ0n) is 15.8. The second-order valence-corrected chi connectivity index (χ2v) is 7.00. The highest BCUT2D eigenvalue weighted by Crippen LogP contribution is 2.50. The van der Waals surface area contributed by atoms with Crippen LogP contribution in [-0.2, 0) is 19.1 Å². The quantitative estimate of drug-likeness (QED) is 0.136. The van der Waals surface area contributed by atoms with E-state index in [1.807, 2.05) is 0 Å². The molecule has 0 aromatic heterocycles. The van der Waals surface area contributed by atoms with Gasteiger partial charge < -0.3 is 9.47 Å². The number of azide groups is 1. The van der Waals surface area contributed by atoms with Crippen LogP contribution >= 0.6 is 0 Å². The molecule has 3 atom stereocenters. The summed E-state index contributed by atoms with van der Waals surface area (Å²) in [7, 11) is 1.19. The van der Waals surface area contributed by atoms with Gasteiger partial charge in [-0.3, -0.25) is 19.7 Å². The van der Waals surface area contributed by atoms with Crippen LogP contribution in [0.25, 0.3) is 16.0 Å². The topological polar surface area (TPSA) is 145 Å². The van der Waals surface area contributed by atoms with Crippen LogP contribution in [0, 0.1) is 27.4 Å². The Balaban J connectivity index is 2.20. The molecule has 0 spiro atoms. The normalized spacial score (nSPS) is 26.0. The zero-order valence-corrected chi connectivity index (χ0v) is 15.8. The van der Waals surface area contributed by atoms with E-state index in [4.69, 9.17) is 15.0 Å². The Kier molecular flexibility index (Phi) is 5.95. The van der Waals surface area contributed by atoms with Gasteiger partial charge in [0.05, 0.1) is 24.2 Å². The molecule has 1 aliphatic carbocycles. The maximum Gasteiger partial charge on any atom is 0.322 e. The minimum absolute atomic E-state index is 0.109. The van der Waals surface area contributed by atoms with Gasteiger partial charge in [-0.15, -0.1) is 0 Å². The zero-order chi connectivity index (χ0) is 21.0. The molecule has 3 rings (SSSR count). The SMILES string of the molecule is COC(=O)C12COCCC(C=C(c3ccccc3[N+](=O)[O-])C1=O)C2CCN=[N+]=[N-]. The van der Waals surface area contributed by atoms with Crippen molar-refractivity contribution in [2.45, 2.75) is 12.8 Å². The first-order valence-corrected chi connectivity index (χ1v) is 9.14. The number of hydrogen-bond acceptors (Lipinski definition) is 7. The number of allylic oxidation sites excluding steroid dienone is 2. The monoisotopic (exact) mass is 400 g/mol. The van der Waals surface area contributed by atoms with E-state index in [0.717, 1.165) is 0 Å². The van der Waals surface area contributed by atoms with Gasteiger partial charge in [0.15, 0.2) is 11.2 Å². The van der Waals surface area contributed by atoms with Crippen molar-refractivity contribution in [3.63, 3.8) is 0 Å². The Morgan fingerprint density at radius 3 is 2.93 bits per heavy atom. The van der Waals surface area contributed by atoms with E-state index >= 15 is 0 Å². The lowest BCUT2D eigenvalue weighted by Gasteiger charge is -2.41. The number of esters is 1. The van der Waals surface area contributed by atoms with E-state index < -0.39 is 28.0 Å². The molecule has 1 fully saturated rings. The number of para-hydroxylation sites is 1. The second-order valence-electron chi connectivity index (χ2n) is 7.00. The molecule has 1 aromatic rings. The number of ketones is 1. The van der Waals surface area contributed by atoms with Gasteiger partial charge in [0.1, 0.15) is 0 Å². The Bertz CT molecular complexity index is 923. The Labute approximate surface area is 166 Å². The number of carbonyl (C=O) groups is 2. The van der Waals surface area contributed by atoms with Crippen molar-refractivity contribution in [1.82, 2.24) is 0 Å². The third kappa shape index (κ3) is 3.48. The van der Waals surface area contributed by atoms with Crippen molar-refractivity contribution in [1.29, 1.82) is 0 Å². The van der Waals surface area contributed by atoms with Crippen LogP contribution in [0.3, 0.4) is 0 Å². The first-order valence-electron chi connectivity index (χ1n) is 9.14. The van der Waals surface area contributed by atoms with Gasteiger partial charge in [0, 0.05) is 29.7 Å². The molecule has 2 aliphatic rings. The molecule has 10 heteroatoms. The largest absolute Gasteiger partial charge is 0.468 e. The number of nitro benzene ring substituents is 1. The lowest BCUT2D eigenvalue weighted by molar-refractivity contribution is -0.385. The second kappa shape index (κ2) is 8.42. The van der Waals surface area contributed by atoms with Gasteiger partial charge in [-0.2, -0.15) is 0 Å². The molecular weight excluding hydrogens is 380 g/mol. The summed E-state index contributed by atoms with van der Waals surface area (Å²) in [5.74, 6) is -2.08. The highest BCUT2D eigenvalue weighted by molar-refractivity contribution is 6.30. The summed E-state index contributed by atoms with van der Waals surface area (Å²) in [6.45, 7) is 0.252. The lowest BCUT2D eigenvalue weighted by Crippen LogP contribution is -2.53. The fourth-order valence-corrected chi connectivity index (χ4v) is 4.35. The molecule has 1 aliphatic heterocycles. The van der Waals surface area contributed by atoms with Crippen LogP contribution < -0.4 is 0 Å². The molecule has 0 saturated carbocycles. The molecule has 10 nitrogen and oxygen atoms in total. The highest BCUT2D eigenvalue weighted by Gasteiger charge is 2.59. The first-order chi connectivity index (χ1) is 14.0. The first kappa shape index (κ1) is 20.5.